The molecule has 2 N–H and O–H groups in total. The van der Waals surface area contributed by atoms with Crippen LogP contribution >= 0.6 is 24.0 Å². The first-order chi connectivity index (χ1) is 14.6. The van der Waals surface area contributed by atoms with E-state index in [9.17, 15) is 0 Å². The fourth-order valence-corrected chi connectivity index (χ4v) is 3.55. The van der Waals surface area contributed by atoms with E-state index in [-0.39, 0.29) is 24.0 Å². The number of oxazole rings is 1. The maximum atomic E-state index is 5.66. The molecular formula is C22H30IN7O. The lowest BCUT2D eigenvalue weighted by Gasteiger charge is -2.17. The first kappa shape index (κ1) is 23.2. The van der Waals surface area contributed by atoms with Crippen LogP contribution in [0, 0.1) is 13.8 Å². The third kappa shape index (κ3) is 6.05. The molecule has 1 aromatic carbocycles. The number of aryl methyl sites for hydroxylation is 2. The van der Waals surface area contributed by atoms with Gasteiger partial charge in [-0.05, 0) is 38.8 Å². The van der Waals surface area contributed by atoms with Crippen LogP contribution in [0.1, 0.15) is 48.6 Å². The first-order valence-electron chi connectivity index (χ1n) is 10.5. The molecule has 2 heterocycles. The van der Waals surface area contributed by atoms with Crippen LogP contribution < -0.4 is 10.6 Å². The van der Waals surface area contributed by atoms with Crippen molar-refractivity contribution in [2.45, 2.75) is 58.7 Å². The predicted octanol–water partition coefficient (Wildman–Crippen LogP) is 3.88. The molecule has 1 fully saturated rings. The van der Waals surface area contributed by atoms with Crippen molar-refractivity contribution in [3.05, 3.63) is 53.4 Å². The molecule has 1 aliphatic carbocycles. The Labute approximate surface area is 200 Å². The van der Waals surface area contributed by atoms with Gasteiger partial charge in [-0.25, -0.2) is 9.98 Å². The Morgan fingerprint density at radius 3 is 2.58 bits per heavy atom. The maximum absolute atomic E-state index is 5.66. The molecule has 8 nitrogen and oxygen atoms in total. The Kier molecular flexibility index (Phi) is 8.05. The molecule has 0 amide bonds. The quantitative estimate of drug-likeness (QED) is 0.283. The SMILES string of the molecule is Cc1ccc(-c2nc(CN=C(NCc3nnc(C)n3C)NC3CCCC3)co2)cc1.I. The summed E-state index contributed by atoms with van der Waals surface area (Å²) in [7, 11) is 1.97. The van der Waals surface area contributed by atoms with Crippen molar-refractivity contribution in [3.8, 4) is 11.5 Å². The molecule has 1 aliphatic rings. The summed E-state index contributed by atoms with van der Waals surface area (Å²) in [6.07, 6.45) is 6.54. The van der Waals surface area contributed by atoms with Crippen molar-refractivity contribution >= 4 is 29.9 Å². The van der Waals surface area contributed by atoms with Crippen molar-refractivity contribution in [2.24, 2.45) is 12.0 Å². The van der Waals surface area contributed by atoms with Gasteiger partial charge in [0.15, 0.2) is 11.8 Å². The van der Waals surface area contributed by atoms with Crippen molar-refractivity contribution in [3.63, 3.8) is 0 Å². The smallest absolute Gasteiger partial charge is 0.226 e. The highest BCUT2D eigenvalue weighted by molar-refractivity contribution is 14.0. The number of benzene rings is 1. The Balaban J connectivity index is 0.00000272. The normalized spacial score (nSPS) is 14.5. The molecule has 9 heteroatoms. The molecule has 2 aromatic heterocycles. The monoisotopic (exact) mass is 535 g/mol. The second kappa shape index (κ2) is 10.7. The van der Waals surface area contributed by atoms with Crippen molar-refractivity contribution in [1.82, 2.24) is 30.4 Å². The molecular weight excluding hydrogens is 505 g/mol. The minimum absolute atomic E-state index is 0. The highest BCUT2D eigenvalue weighted by Gasteiger charge is 2.17. The average Bonchev–Trinajstić information content (AvgIpc) is 3.49. The molecule has 31 heavy (non-hydrogen) atoms. The zero-order valence-electron chi connectivity index (χ0n) is 18.3. The number of nitrogens with one attached hydrogen (secondary N) is 2. The minimum Gasteiger partial charge on any atom is -0.444 e. The lowest BCUT2D eigenvalue weighted by Crippen LogP contribution is -2.42. The molecule has 0 atom stereocenters. The summed E-state index contributed by atoms with van der Waals surface area (Å²) in [5.41, 5.74) is 2.98. The van der Waals surface area contributed by atoms with Crippen LogP contribution in [-0.2, 0) is 20.1 Å². The molecule has 0 radical (unpaired) electrons. The van der Waals surface area contributed by atoms with Gasteiger partial charge in [0.25, 0.3) is 0 Å². The van der Waals surface area contributed by atoms with Crippen LogP contribution in [0.4, 0.5) is 0 Å². The summed E-state index contributed by atoms with van der Waals surface area (Å²) >= 11 is 0. The van der Waals surface area contributed by atoms with Crippen LogP contribution in [0.25, 0.3) is 11.5 Å². The molecule has 0 unspecified atom stereocenters. The topological polar surface area (TPSA) is 93.2 Å². The zero-order valence-corrected chi connectivity index (χ0v) is 20.6. The standard InChI is InChI=1S/C22H29N7O.HI/c1-15-8-10-17(11-9-15)21-25-19(14-30-21)12-23-22(26-18-6-4-5-7-18)24-13-20-28-27-16(2)29(20)3;/h8-11,14,18H,4-7,12-13H2,1-3H3,(H2,23,24,26);1H. The van der Waals surface area contributed by atoms with Crippen molar-refractivity contribution < 1.29 is 4.42 Å². The van der Waals surface area contributed by atoms with E-state index in [0.717, 1.165) is 28.9 Å². The van der Waals surface area contributed by atoms with E-state index >= 15 is 0 Å². The molecule has 0 spiro atoms. The molecule has 0 aliphatic heterocycles. The lowest BCUT2D eigenvalue weighted by molar-refractivity contribution is 0.572. The van der Waals surface area contributed by atoms with Gasteiger partial charge in [0.1, 0.15) is 17.8 Å². The van der Waals surface area contributed by atoms with Gasteiger partial charge in [0.2, 0.25) is 5.89 Å². The van der Waals surface area contributed by atoms with Gasteiger partial charge in [-0.3, -0.25) is 0 Å². The van der Waals surface area contributed by atoms with Crippen molar-refractivity contribution in [2.75, 3.05) is 0 Å². The summed E-state index contributed by atoms with van der Waals surface area (Å²) in [5, 5.41) is 15.3. The van der Waals surface area contributed by atoms with Crippen LogP contribution in [-0.4, -0.2) is 31.7 Å². The van der Waals surface area contributed by atoms with E-state index in [1.807, 2.05) is 30.7 Å². The van der Waals surface area contributed by atoms with Gasteiger partial charge in [0.05, 0.1) is 13.1 Å². The Bertz CT molecular complexity index is 1000. The molecule has 1 saturated carbocycles. The Morgan fingerprint density at radius 2 is 1.90 bits per heavy atom. The van der Waals surface area contributed by atoms with E-state index in [1.54, 1.807) is 6.26 Å². The van der Waals surface area contributed by atoms with Gasteiger partial charge in [-0.15, -0.1) is 34.2 Å². The zero-order chi connectivity index (χ0) is 20.9. The number of guanidine groups is 1. The van der Waals surface area contributed by atoms with Gasteiger partial charge < -0.3 is 19.6 Å². The highest BCUT2D eigenvalue weighted by atomic mass is 127. The second-order valence-electron chi connectivity index (χ2n) is 7.88. The number of aromatic nitrogens is 4. The Morgan fingerprint density at radius 1 is 1.16 bits per heavy atom. The number of rotatable bonds is 6. The molecule has 0 saturated heterocycles. The summed E-state index contributed by atoms with van der Waals surface area (Å²) in [6.45, 7) is 5.00. The second-order valence-corrected chi connectivity index (χ2v) is 7.88. The minimum atomic E-state index is 0. The van der Waals surface area contributed by atoms with E-state index in [1.165, 1.54) is 31.2 Å². The maximum Gasteiger partial charge on any atom is 0.226 e. The third-order valence-corrected chi connectivity index (χ3v) is 5.54. The van der Waals surface area contributed by atoms with Gasteiger partial charge >= 0.3 is 0 Å². The number of nitrogens with zero attached hydrogens (tertiary/aromatic N) is 5. The van der Waals surface area contributed by atoms with Gasteiger partial charge in [-0.1, -0.05) is 30.5 Å². The number of hydrogen-bond donors (Lipinski definition) is 2. The molecule has 4 rings (SSSR count). The van der Waals surface area contributed by atoms with E-state index in [2.05, 4.69) is 44.9 Å². The number of halogens is 1. The number of aliphatic imine (C=N–C) groups is 1. The largest absolute Gasteiger partial charge is 0.444 e. The van der Waals surface area contributed by atoms with Crippen molar-refractivity contribution in [1.29, 1.82) is 0 Å². The third-order valence-electron chi connectivity index (χ3n) is 5.54. The van der Waals surface area contributed by atoms with Crippen LogP contribution in [0.2, 0.25) is 0 Å². The lowest BCUT2D eigenvalue weighted by atomic mass is 10.1. The van der Waals surface area contributed by atoms with Crippen LogP contribution in [0.15, 0.2) is 39.9 Å². The van der Waals surface area contributed by atoms with E-state index in [0.29, 0.717) is 25.0 Å². The summed E-state index contributed by atoms with van der Waals surface area (Å²) in [6, 6.07) is 8.60. The van der Waals surface area contributed by atoms with E-state index < -0.39 is 0 Å². The molecule has 0 bridgehead atoms. The summed E-state index contributed by atoms with van der Waals surface area (Å²) in [4.78, 5) is 9.34. The molecule has 3 aromatic rings. The fraction of sp³-hybridized carbons (Fsp3) is 0.455. The average molecular weight is 535 g/mol. The highest BCUT2D eigenvalue weighted by Crippen LogP contribution is 2.20. The predicted molar refractivity (Wildman–Crippen MR) is 131 cm³/mol. The fourth-order valence-electron chi connectivity index (χ4n) is 3.55. The molecule has 166 valence electrons. The van der Waals surface area contributed by atoms with Crippen LogP contribution in [0.3, 0.4) is 0 Å². The summed E-state index contributed by atoms with van der Waals surface area (Å²) in [5.74, 6) is 3.15. The Hall–Kier alpha value is -2.43. The van der Waals surface area contributed by atoms with Gasteiger partial charge in [0, 0.05) is 18.7 Å². The first-order valence-corrected chi connectivity index (χ1v) is 10.5. The summed E-state index contributed by atoms with van der Waals surface area (Å²) < 4.78 is 7.64. The van der Waals surface area contributed by atoms with Gasteiger partial charge in [-0.2, -0.15) is 0 Å². The van der Waals surface area contributed by atoms with Crippen LogP contribution in [0.5, 0.6) is 0 Å². The number of hydrogen-bond acceptors (Lipinski definition) is 5. The van der Waals surface area contributed by atoms with E-state index in [4.69, 9.17) is 9.41 Å².